The van der Waals surface area contributed by atoms with Crippen LogP contribution < -0.4 is 10.5 Å². The summed E-state index contributed by atoms with van der Waals surface area (Å²) in [6, 6.07) is 9.35. The number of ether oxygens (including phenoxy) is 1. The van der Waals surface area contributed by atoms with Crippen molar-refractivity contribution in [2.75, 3.05) is 5.73 Å². The Balaban J connectivity index is 1.88. The standard InChI is InChI=1S/C15H10N4OS/c16-10-3-4-12(9-2-1-6-17-13(9)10)20-15-14-11(5-7-21-14)18-8-19-15/h1-8H,16H2. The summed E-state index contributed by atoms with van der Waals surface area (Å²) in [5.74, 6) is 1.23. The van der Waals surface area contributed by atoms with Gasteiger partial charge >= 0.3 is 0 Å². The Hall–Kier alpha value is -2.73. The summed E-state index contributed by atoms with van der Waals surface area (Å²) >= 11 is 1.55. The van der Waals surface area contributed by atoms with Crippen LogP contribution in [0, 0.1) is 0 Å². The first-order valence-corrected chi connectivity index (χ1v) is 7.20. The molecule has 0 aliphatic carbocycles. The smallest absolute Gasteiger partial charge is 0.240 e. The molecule has 4 aromatic rings. The summed E-state index contributed by atoms with van der Waals surface area (Å²) in [4.78, 5) is 12.7. The van der Waals surface area contributed by atoms with Gasteiger partial charge in [0.15, 0.2) is 0 Å². The van der Waals surface area contributed by atoms with Gasteiger partial charge in [0, 0.05) is 11.6 Å². The first-order chi connectivity index (χ1) is 10.3. The lowest BCUT2D eigenvalue weighted by Gasteiger charge is -2.09. The van der Waals surface area contributed by atoms with E-state index in [1.165, 1.54) is 6.33 Å². The third-order valence-corrected chi connectivity index (χ3v) is 4.07. The van der Waals surface area contributed by atoms with E-state index in [2.05, 4.69) is 15.0 Å². The van der Waals surface area contributed by atoms with E-state index >= 15 is 0 Å². The lowest BCUT2D eigenvalue weighted by molar-refractivity contribution is 0.474. The topological polar surface area (TPSA) is 73.9 Å². The molecule has 3 aromatic heterocycles. The van der Waals surface area contributed by atoms with Gasteiger partial charge in [-0.15, -0.1) is 11.3 Å². The number of nitrogens with two attached hydrogens (primary N) is 1. The van der Waals surface area contributed by atoms with Crippen molar-refractivity contribution in [2.24, 2.45) is 0 Å². The van der Waals surface area contributed by atoms with E-state index in [4.69, 9.17) is 10.5 Å². The van der Waals surface area contributed by atoms with E-state index in [0.717, 1.165) is 21.1 Å². The third-order valence-electron chi connectivity index (χ3n) is 3.18. The molecule has 0 fully saturated rings. The molecule has 0 unspecified atom stereocenters. The summed E-state index contributed by atoms with van der Waals surface area (Å²) in [5.41, 5.74) is 8.18. The minimum absolute atomic E-state index is 0.546. The number of hydrogen-bond acceptors (Lipinski definition) is 6. The fraction of sp³-hybridized carbons (Fsp3) is 0. The van der Waals surface area contributed by atoms with E-state index in [9.17, 15) is 0 Å². The Morgan fingerprint density at radius 1 is 1.05 bits per heavy atom. The fourth-order valence-corrected chi connectivity index (χ4v) is 2.97. The van der Waals surface area contributed by atoms with Crippen LogP contribution in [0.5, 0.6) is 11.6 Å². The fourth-order valence-electron chi connectivity index (χ4n) is 2.20. The number of hydrogen-bond donors (Lipinski definition) is 1. The molecule has 0 radical (unpaired) electrons. The number of aromatic nitrogens is 3. The second-order valence-corrected chi connectivity index (χ2v) is 5.38. The van der Waals surface area contributed by atoms with Crippen LogP contribution in [-0.4, -0.2) is 15.0 Å². The number of pyridine rings is 1. The highest BCUT2D eigenvalue weighted by molar-refractivity contribution is 7.17. The number of benzene rings is 1. The number of nitrogens with zero attached hydrogens (tertiary/aromatic N) is 3. The second-order valence-electron chi connectivity index (χ2n) is 4.47. The van der Waals surface area contributed by atoms with E-state index < -0.39 is 0 Å². The van der Waals surface area contributed by atoms with Crippen LogP contribution in [0.15, 0.2) is 48.2 Å². The van der Waals surface area contributed by atoms with Crippen molar-refractivity contribution >= 4 is 38.1 Å². The molecule has 0 aliphatic rings. The van der Waals surface area contributed by atoms with Crippen molar-refractivity contribution in [2.45, 2.75) is 0 Å². The minimum atomic E-state index is 0.546. The normalized spacial score (nSPS) is 11.0. The molecular weight excluding hydrogens is 284 g/mol. The molecule has 21 heavy (non-hydrogen) atoms. The third kappa shape index (κ3) is 1.96. The van der Waals surface area contributed by atoms with Gasteiger partial charge in [0.1, 0.15) is 16.8 Å². The van der Waals surface area contributed by atoms with Crippen LogP contribution in [0.25, 0.3) is 21.1 Å². The molecule has 0 spiro atoms. The summed E-state index contributed by atoms with van der Waals surface area (Å²) < 4.78 is 6.90. The van der Waals surface area contributed by atoms with Crippen molar-refractivity contribution in [3.63, 3.8) is 0 Å². The second kappa shape index (κ2) is 4.68. The highest BCUT2D eigenvalue weighted by atomic mass is 32.1. The van der Waals surface area contributed by atoms with Crippen LogP contribution in [-0.2, 0) is 0 Å². The van der Waals surface area contributed by atoms with Crippen molar-refractivity contribution in [1.29, 1.82) is 0 Å². The Bertz CT molecular complexity index is 951. The summed E-state index contributed by atoms with van der Waals surface area (Å²) in [7, 11) is 0. The average molecular weight is 294 g/mol. The van der Waals surface area contributed by atoms with Gasteiger partial charge < -0.3 is 10.5 Å². The monoisotopic (exact) mass is 294 g/mol. The molecule has 1 aromatic carbocycles. The predicted molar refractivity (Wildman–Crippen MR) is 83.6 cm³/mol. The van der Waals surface area contributed by atoms with Gasteiger partial charge in [0.25, 0.3) is 0 Å². The number of nitrogen functional groups attached to an aromatic ring is 1. The molecule has 6 heteroatoms. The highest BCUT2D eigenvalue weighted by Crippen LogP contribution is 2.35. The minimum Gasteiger partial charge on any atom is -0.437 e. The van der Waals surface area contributed by atoms with Crippen LogP contribution >= 0.6 is 11.3 Å². The van der Waals surface area contributed by atoms with E-state index in [1.54, 1.807) is 23.6 Å². The van der Waals surface area contributed by atoms with Gasteiger partial charge in [-0.3, -0.25) is 4.98 Å². The maximum absolute atomic E-state index is 5.98. The number of rotatable bonds is 2. The molecule has 0 saturated carbocycles. The Morgan fingerprint density at radius 3 is 2.95 bits per heavy atom. The summed E-state index contributed by atoms with van der Waals surface area (Å²) in [5, 5.41) is 2.83. The summed E-state index contributed by atoms with van der Waals surface area (Å²) in [6.07, 6.45) is 3.22. The Labute approximate surface area is 124 Å². The zero-order chi connectivity index (χ0) is 14.2. The van der Waals surface area contributed by atoms with E-state index in [-0.39, 0.29) is 0 Å². The number of thiophene rings is 1. The number of fused-ring (bicyclic) bond motifs is 2. The van der Waals surface area contributed by atoms with Crippen molar-refractivity contribution in [3.05, 3.63) is 48.2 Å². The zero-order valence-corrected chi connectivity index (χ0v) is 11.7. The molecule has 102 valence electrons. The average Bonchev–Trinajstić information content (AvgIpc) is 3.00. The van der Waals surface area contributed by atoms with Crippen molar-refractivity contribution < 1.29 is 4.74 Å². The van der Waals surface area contributed by atoms with Gasteiger partial charge in [0.2, 0.25) is 5.88 Å². The largest absolute Gasteiger partial charge is 0.437 e. The first-order valence-electron chi connectivity index (χ1n) is 6.32. The van der Waals surface area contributed by atoms with Gasteiger partial charge in [0.05, 0.1) is 16.7 Å². The maximum atomic E-state index is 5.98. The van der Waals surface area contributed by atoms with Crippen LogP contribution in [0.4, 0.5) is 5.69 Å². The molecule has 3 heterocycles. The van der Waals surface area contributed by atoms with E-state index in [0.29, 0.717) is 17.3 Å². The SMILES string of the molecule is Nc1ccc(Oc2ncnc3ccsc23)c2cccnc12. The van der Waals surface area contributed by atoms with Crippen molar-refractivity contribution in [3.8, 4) is 11.6 Å². The summed E-state index contributed by atoms with van der Waals surface area (Å²) in [6.45, 7) is 0. The lowest BCUT2D eigenvalue weighted by atomic mass is 10.2. The van der Waals surface area contributed by atoms with Crippen molar-refractivity contribution in [1.82, 2.24) is 15.0 Å². The van der Waals surface area contributed by atoms with Crippen LogP contribution in [0.2, 0.25) is 0 Å². The molecule has 5 nitrogen and oxygen atoms in total. The number of anilines is 1. The molecule has 0 amide bonds. The Kier molecular flexibility index (Phi) is 2.68. The van der Waals surface area contributed by atoms with Gasteiger partial charge in [-0.05, 0) is 35.7 Å². The molecule has 4 rings (SSSR count). The van der Waals surface area contributed by atoms with E-state index in [1.807, 2.05) is 29.6 Å². The van der Waals surface area contributed by atoms with Gasteiger partial charge in [-0.25, -0.2) is 9.97 Å². The lowest BCUT2D eigenvalue weighted by Crippen LogP contribution is -1.94. The molecule has 2 N–H and O–H groups in total. The maximum Gasteiger partial charge on any atom is 0.240 e. The van der Waals surface area contributed by atoms with Gasteiger partial charge in [-0.2, -0.15) is 0 Å². The Morgan fingerprint density at radius 2 is 2.00 bits per heavy atom. The highest BCUT2D eigenvalue weighted by Gasteiger charge is 2.11. The zero-order valence-electron chi connectivity index (χ0n) is 10.9. The molecule has 0 aliphatic heterocycles. The van der Waals surface area contributed by atoms with Crippen LogP contribution in [0.1, 0.15) is 0 Å². The van der Waals surface area contributed by atoms with Gasteiger partial charge in [-0.1, -0.05) is 0 Å². The molecular formula is C15H10N4OS. The quantitative estimate of drug-likeness (QED) is 0.572. The molecule has 0 saturated heterocycles. The molecule has 0 bridgehead atoms. The predicted octanol–water partition coefficient (Wildman–Crippen LogP) is 3.61. The molecule has 0 atom stereocenters. The first kappa shape index (κ1) is 12.0. The van der Waals surface area contributed by atoms with Crippen LogP contribution in [0.3, 0.4) is 0 Å².